The fourth-order valence-electron chi connectivity index (χ4n) is 1.90. The van der Waals surface area contributed by atoms with E-state index < -0.39 is 0 Å². The Labute approximate surface area is 82.0 Å². The van der Waals surface area contributed by atoms with Gasteiger partial charge in [0.25, 0.3) is 0 Å². The summed E-state index contributed by atoms with van der Waals surface area (Å²) in [6.45, 7) is 8.72. The van der Waals surface area contributed by atoms with E-state index in [9.17, 15) is 0 Å². The molecule has 1 aliphatic heterocycles. The second kappa shape index (κ2) is 4.97. The maximum atomic E-state index is 5.78. The van der Waals surface area contributed by atoms with E-state index in [2.05, 4.69) is 26.1 Å². The second-order valence-electron chi connectivity index (χ2n) is 4.30. The molecule has 0 spiro atoms. The fourth-order valence-corrected chi connectivity index (χ4v) is 1.90. The smallest absolute Gasteiger partial charge is 0.0666 e. The summed E-state index contributed by atoms with van der Waals surface area (Å²) >= 11 is 0. The molecule has 1 N–H and O–H groups in total. The summed E-state index contributed by atoms with van der Waals surface area (Å²) in [6.07, 6.45) is 4.69. The molecule has 13 heavy (non-hydrogen) atoms. The molecule has 0 radical (unpaired) electrons. The van der Waals surface area contributed by atoms with Gasteiger partial charge in [-0.25, -0.2) is 0 Å². The van der Waals surface area contributed by atoms with Gasteiger partial charge in [-0.3, -0.25) is 0 Å². The molecule has 2 atom stereocenters. The predicted octanol–water partition coefficient (Wildman–Crippen LogP) is 2.33. The van der Waals surface area contributed by atoms with E-state index in [1.54, 1.807) is 0 Å². The van der Waals surface area contributed by atoms with Crippen molar-refractivity contribution in [1.29, 1.82) is 0 Å². The topological polar surface area (TPSA) is 21.3 Å². The van der Waals surface area contributed by atoms with Gasteiger partial charge in [0.2, 0.25) is 0 Å². The molecule has 2 nitrogen and oxygen atoms in total. The molecule has 0 amide bonds. The van der Waals surface area contributed by atoms with Crippen molar-refractivity contribution in [3.63, 3.8) is 0 Å². The third-order valence-electron chi connectivity index (χ3n) is 3.03. The Morgan fingerprint density at radius 3 is 2.85 bits per heavy atom. The molecule has 2 unspecified atom stereocenters. The van der Waals surface area contributed by atoms with Crippen LogP contribution in [0.25, 0.3) is 0 Å². The van der Waals surface area contributed by atoms with Gasteiger partial charge in [-0.05, 0) is 39.2 Å². The van der Waals surface area contributed by atoms with Gasteiger partial charge in [-0.2, -0.15) is 0 Å². The van der Waals surface area contributed by atoms with Crippen LogP contribution in [0.15, 0.2) is 0 Å². The first-order valence-electron chi connectivity index (χ1n) is 5.57. The van der Waals surface area contributed by atoms with Gasteiger partial charge in [0, 0.05) is 12.6 Å². The predicted molar refractivity (Wildman–Crippen MR) is 56.0 cm³/mol. The Bertz CT molecular complexity index is 149. The molecule has 2 heteroatoms. The van der Waals surface area contributed by atoms with Crippen LogP contribution in [0.2, 0.25) is 0 Å². The Kier molecular flexibility index (Phi) is 4.20. The normalized spacial score (nSPS) is 34.8. The molecule has 1 fully saturated rings. The van der Waals surface area contributed by atoms with Gasteiger partial charge in [0.15, 0.2) is 0 Å². The zero-order chi connectivity index (χ0) is 9.73. The van der Waals surface area contributed by atoms with Crippen LogP contribution in [0.4, 0.5) is 0 Å². The van der Waals surface area contributed by atoms with Crippen molar-refractivity contribution in [3.05, 3.63) is 0 Å². The quantitative estimate of drug-likeness (QED) is 0.726. The molecule has 0 aromatic carbocycles. The summed E-state index contributed by atoms with van der Waals surface area (Å²) < 4.78 is 5.78. The first-order valence-corrected chi connectivity index (χ1v) is 5.57. The van der Waals surface area contributed by atoms with Crippen molar-refractivity contribution >= 4 is 0 Å². The summed E-state index contributed by atoms with van der Waals surface area (Å²) in [5.74, 6) is 0. The lowest BCUT2D eigenvalue weighted by Crippen LogP contribution is -2.45. The summed E-state index contributed by atoms with van der Waals surface area (Å²) in [5, 5.41) is 3.58. The third-order valence-corrected chi connectivity index (χ3v) is 3.03. The lowest BCUT2D eigenvalue weighted by Gasteiger charge is -2.38. The number of nitrogens with one attached hydrogen (secondary N) is 1. The van der Waals surface area contributed by atoms with E-state index in [1.165, 1.54) is 19.3 Å². The molecule has 0 aromatic rings. The van der Waals surface area contributed by atoms with Crippen LogP contribution in [0.1, 0.15) is 46.5 Å². The van der Waals surface area contributed by atoms with E-state index in [1.807, 2.05) is 0 Å². The van der Waals surface area contributed by atoms with Crippen LogP contribution in [-0.2, 0) is 4.74 Å². The third kappa shape index (κ3) is 3.28. The molecular weight excluding hydrogens is 162 g/mol. The van der Waals surface area contributed by atoms with E-state index in [-0.39, 0.29) is 5.60 Å². The molecule has 0 bridgehead atoms. The van der Waals surface area contributed by atoms with Gasteiger partial charge in [0.1, 0.15) is 0 Å². The number of hydrogen-bond acceptors (Lipinski definition) is 2. The van der Waals surface area contributed by atoms with Crippen molar-refractivity contribution in [1.82, 2.24) is 5.32 Å². The van der Waals surface area contributed by atoms with Crippen molar-refractivity contribution in [3.8, 4) is 0 Å². The van der Waals surface area contributed by atoms with Crippen molar-refractivity contribution in [2.24, 2.45) is 0 Å². The monoisotopic (exact) mass is 185 g/mol. The van der Waals surface area contributed by atoms with Crippen molar-refractivity contribution in [2.45, 2.75) is 58.1 Å². The molecule has 0 aromatic heterocycles. The first kappa shape index (κ1) is 11.0. The molecule has 0 aliphatic carbocycles. The highest BCUT2D eigenvalue weighted by Gasteiger charge is 2.30. The lowest BCUT2D eigenvalue weighted by atomic mass is 9.90. The molecule has 1 aliphatic rings. The second-order valence-corrected chi connectivity index (χ2v) is 4.30. The highest BCUT2D eigenvalue weighted by molar-refractivity contribution is 4.85. The lowest BCUT2D eigenvalue weighted by molar-refractivity contribution is -0.0778. The summed E-state index contributed by atoms with van der Waals surface area (Å²) in [5.41, 5.74) is 0.129. The largest absolute Gasteiger partial charge is 0.375 e. The molecular formula is C11H23NO. The maximum Gasteiger partial charge on any atom is 0.0666 e. The molecule has 78 valence electrons. The maximum absolute atomic E-state index is 5.78. The van der Waals surface area contributed by atoms with Gasteiger partial charge >= 0.3 is 0 Å². The first-order chi connectivity index (χ1) is 6.20. The Hall–Kier alpha value is -0.0800. The van der Waals surface area contributed by atoms with Crippen LogP contribution in [0.5, 0.6) is 0 Å². The zero-order valence-electron chi connectivity index (χ0n) is 9.23. The van der Waals surface area contributed by atoms with Gasteiger partial charge in [-0.15, -0.1) is 0 Å². The Morgan fingerprint density at radius 2 is 2.23 bits per heavy atom. The van der Waals surface area contributed by atoms with E-state index in [0.29, 0.717) is 6.04 Å². The SMILES string of the molecule is CCCNC1CCOC(C)(CC)C1. The van der Waals surface area contributed by atoms with Crippen LogP contribution in [0, 0.1) is 0 Å². The summed E-state index contributed by atoms with van der Waals surface area (Å²) in [7, 11) is 0. The van der Waals surface area contributed by atoms with Gasteiger partial charge < -0.3 is 10.1 Å². The highest BCUT2D eigenvalue weighted by atomic mass is 16.5. The minimum absolute atomic E-state index is 0.129. The van der Waals surface area contributed by atoms with E-state index in [4.69, 9.17) is 4.74 Å². The molecule has 1 heterocycles. The van der Waals surface area contributed by atoms with Crippen LogP contribution in [-0.4, -0.2) is 24.8 Å². The van der Waals surface area contributed by atoms with Gasteiger partial charge in [0.05, 0.1) is 5.60 Å². The summed E-state index contributed by atoms with van der Waals surface area (Å²) in [4.78, 5) is 0. The van der Waals surface area contributed by atoms with Crippen LogP contribution < -0.4 is 5.32 Å². The van der Waals surface area contributed by atoms with E-state index >= 15 is 0 Å². The Balaban J connectivity index is 2.33. The highest BCUT2D eigenvalue weighted by Crippen LogP contribution is 2.27. The zero-order valence-corrected chi connectivity index (χ0v) is 9.23. The van der Waals surface area contributed by atoms with Crippen molar-refractivity contribution < 1.29 is 4.74 Å². The van der Waals surface area contributed by atoms with E-state index in [0.717, 1.165) is 19.6 Å². The van der Waals surface area contributed by atoms with Crippen LogP contribution >= 0.6 is 0 Å². The Morgan fingerprint density at radius 1 is 1.46 bits per heavy atom. The average Bonchev–Trinajstić information content (AvgIpc) is 2.15. The standard InChI is InChI=1S/C11H23NO/c1-4-7-12-10-6-8-13-11(3,5-2)9-10/h10,12H,4-9H2,1-3H3. The molecule has 1 rings (SSSR count). The van der Waals surface area contributed by atoms with Gasteiger partial charge in [-0.1, -0.05) is 13.8 Å². The summed E-state index contributed by atoms with van der Waals surface area (Å²) in [6, 6.07) is 0.679. The fraction of sp³-hybridized carbons (Fsp3) is 1.00. The number of rotatable bonds is 4. The minimum atomic E-state index is 0.129. The number of ether oxygens (including phenoxy) is 1. The average molecular weight is 185 g/mol. The molecule has 1 saturated heterocycles. The number of hydrogen-bond donors (Lipinski definition) is 1. The molecule has 0 saturated carbocycles. The van der Waals surface area contributed by atoms with Crippen LogP contribution in [0.3, 0.4) is 0 Å². The van der Waals surface area contributed by atoms with Crippen molar-refractivity contribution in [2.75, 3.05) is 13.2 Å². The minimum Gasteiger partial charge on any atom is -0.375 e.